The molecular weight excluding hydrogens is 413 g/mol. The van der Waals surface area contributed by atoms with Crippen molar-refractivity contribution in [3.8, 4) is 10.6 Å². The molecule has 1 fully saturated rings. The van der Waals surface area contributed by atoms with Crippen LogP contribution in [0.1, 0.15) is 30.3 Å². The van der Waals surface area contributed by atoms with Gasteiger partial charge >= 0.3 is 0 Å². The van der Waals surface area contributed by atoms with Gasteiger partial charge in [-0.05, 0) is 44.0 Å². The van der Waals surface area contributed by atoms with Crippen LogP contribution in [0.3, 0.4) is 0 Å². The summed E-state index contributed by atoms with van der Waals surface area (Å²) in [6.45, 7) is 5.81. The molecule has 2 aromatic rings. The van der Waals surface area contributed by atoms with Crippen molar-refractivity contribution in [1.82, 2.24) is 15.2 Å². The van der Waals surface area contributed by atoms with Crippen molar-refractivity contribution in [2.75, 3.05) is 26.2 Å². The van der Waals surface area contributed by atoms with Crippen LogP contribution in [-0.2, 0) is 0 Å². The number of hydrogen-bond donors (Lipinski definition) is 1. The fourth-order valence-corrected chi connectivity index (χ4v) is 3.96. The van der Waals surface area contributed by atoms with E-state index >= 15 is 0 Å². The zero-order chi connectivity index (χ0) is 16.9. The Morgan fingerprint density at radius 3 is 2.73 bits per heavy atom. The molecule has 1 aliphatic rings. The normalized spacial score (nSPS) is 14.5. The zero-order valence-electron chi connectivity index (χ0n) is 14.6. The van der Waals surface area contributed by atoms with Gasteiger partial charge in [0, 0.05) is 29.1 Å². The molecule has 8 heteroatoms. The quantitative estimate of drug-likeness (QED) is 0.734. The third kappa shape index (κ3) is 5.83. The molecule has 0 spiro atoms. The third-order valence-electron chi connectivity index (χ3n) is 4.38. The molecule has 1 aromatic carbocycles. The summed E-state index contributed by atoms with van der Waals surface area (Å²) in [6, 6.07) is 7.57. The van der Waals surface area contributed by atoms with E-state index in [1.54, 1.807) is 0 Å². The lowest BCUT2D eigenvalue weighted by atomic mass is 9.96. The second-order valence-corrected chi connectivity index (χ2v) is 7.39. The average molecular weight is 437 g/mol. The number of likely N-dealkylation sites (tertiary alicyclic amines) is 1. The summed E-state index contributed by atoms with van der Waals surface area (Å²) in [4.78, 5) is 19.1. The molecule has 144 valence electrons. The van der Waals surface area contributed by atoms with Crippen LogP contribution in [0.2, 0.25) is 5.02 Å². The number of benzene rings is 1. The Morgan fingerprint density at radius 2 is 2.08 bits per heavy atom. The van der Waals surface area contributed by atoms with Gasteiger partial charge in [-0.3, -0.25) is 4.79 Å². The van der Waals surface area contributed by atoms with Crippen molar-refractivity contribution >= 4 is 53.7 Å². The lowest BCUT2D eigenvalue weighted by Crippen LogP contribution is -2.40. The van der Waals surface area contributed by atoms with Gasteiger partial charge in [0.05, 0.1) is 0 Å². The molecule has 1 N–H and O–H groups in total. The SMILES string of the molecule is CCNCC1CCN(C(=O)c2csc(-c3cccc(Cl)c3)n2)CC1.Cl.Cl. The molecule has 3 rings (SSSR count). The van der Waals surface area contributed by atoms with E-state index in [2.05, 4.69) is 17.2 Å². The van der Waals surface area contributed by atoms with E-state index in [0.717, 1.165) is 49.6 Å². The van der Waals surface area contributed by atoms with Crippen LogP contribution in [-0.4, -0.2) is 42.0 Å². The summed E-state index contributed by atoms with van der Waals surface area (Å²) in [5, 5.41) is 6.76. The minimum absolute atomic E-state index is 0. The molecule has 1 saturated heterocycles. The maximum absolute atomic E-state index is 12.7. The zero-order valence-corrected chi connectivity index (χ0v) is 17.8. The Labute approximate surface area is 176 Å². The Kier molecular flexibility index (Phi) is 9.90. The number of carbonyl (C=O) groups excluding carboxylic acids is 1. The van der Waals surface area contributed by atoms with Crippen LogP contribution in [0.5, 0.6) is 0 Å². The van der Waals surface area contributed by atoms with Crippen molar-refractivity contribution in [3.05, 3.63) is 40.4 Å². The minimum Gasteiger partial charge on any atom is -0.337 e. The monoisotopic (exact) mass is 435 g/mol. The number of piperidine rings is 1. The molecule has 1 aromatic heterocycles. The highest BCUT2D eigenvalue weighted by Crippen LogP contribution is 2.27. The highest BCUT2D eigenvalue weighted by molar-refractivity contribution is 7.13. The largest absolute Gasteiger partial charge is 0.337 e. The highest BCUT2D eigenvalue weighted by Gasteiger charge is 2.25. The van der Waals surface area contributed by atoms with E-state index in [-0.39, 0.29) is 30.7 Å². The summed E-state index contributed by atoms with van der Waals surface area (Å²) < 4.78 is 0. The summed E-state index contributed by atoms with van der Waals surface area (Å²) in [6.07, 6.45) is 2.12. The topological polar surface area (TPSA) is 45.2 Å². The maximum Gasteiger partial charge on any atom is 0.273 e. The van der Waals surface area contributed by atoms with Crippen LogP contribution in [0.25, 0.3) is 10.6 Å². The van der Waals surface area contributed by atoms with Gasteiger partial charge in [0.2, 0.25) is 0 Å². The van der Waals surface area contributed by atoms with Gasteiger partial charge in [-0.25, -0.2) is 4.98 Å². The van der Waals surface area contributed by atoms with Gasteiger partial charge in [0.25, 0.3) is 5.91 Å². The van der Waals surface area contributed by atoms with E-state index in [1.807, 2.05) is 34.5 Å². The molecule has 0 unspecified atom stereocenters. The van der Waals surface area contributed by atoms with Crippen LogP contribution in [0.4, 0.5) is 0 Å². The van der Waals surface area contributed by atoms with Crippen molar-refractivity contribution in [2.45, 2.75) is 19.8 Å². The summed E-state index contributed by atoms with van der Waals surface area (Å²) in [5.74, 6) is 0.716. The van der Waals surface area contributed by atoms with Crippen molar-refractivity contribution in [2.24, 2.45) is 5.92 Å². The number of carbonyl (C=O) groups is 1. The summed E-state index contributed by atoms with van der Waals surface area (Å²) in [7, 11) is 0. The maximum atomic E-state index is 12.7. The highest BCUT2D eigenvalue weighted by atomic mass is 35.5. The first-order valence-electron chi connectivity index (χ1n) is 8.39. The fraction of sp³-hybridized carbons (Fsp3) is 0.444. The number of hydrogen-bond acceptors (Lipinski definition) is 4. The second-order valence-electron chi connectivity index (χ2n) is 6.09. The predicted octanol–water partition coefficient (Wildman–Crippen LogP) is 4.77. The van der Waals surface area contributed by atoms with Gasteiger partial charge in [-0.2, -0.15) is 0 Å². The number of nitrogens with one attached hydrogen (secondary N) is 1. The number of rotatable bonds is 5. The van der Waals surface area contributed by atoms with Crippen LogP contribution >= 0.6 is 47.8 Å². The minimum atomic E-state index is 0. The molecule has 0 radical (unpaired) electrons. The average Bonchev–Trinajstić information content (AvgIpc) is 3.10. The predicted molar refractivity (Wildman–Crippen MR) is 114 cm³/mol. The van der Waals surface area contributed by atoms with Crippen LogP contribution in [0, 0.1) is 5.92 Å². The van der Waals surface area contributed by atoms with E-state index in [4.69, 9.17) is 11.6 Å². The van der Waals surface area contributed by atoms with Gasteiger partial charge < -0.3 is 10.2 Å². The lowest BCUT2D eigenvalue weighted by molar-refractivity contribution is 0.0685. The first-order valence-corrected chi connectivity index (χ1v) is 9.64. The first-order chi connectivity index (χ1) is 11.7. The second kappa shape index (κ2) is 11.1. The van der Waals surface area contributed by atoms with E-state index < -0.39 is 0 Å². The smallest absolute Gasteiger partial charge is 0.273 e. The Hall–Kier alpha value is -0.850. The standard InChI is InChI=1S/C18H22ClN3OS.2ClH/c1-2-20-11-13-6-8-22(9-7-13)18(23)16-12-24-17(21-16)14-4-3-5-15(19)10-14;;/h3-5,10,12-13,20H,2,6-9,11H2,1H3;2*1H. The molecule has 1 aliphatic heterocycles. The molecule has 1 amide bonds. The summed E-state index contributed by atoms with van der Waals surface area (Å²) >= 11 is 7.52. The van der Waals surface area contributed by atoms with Crippen LogP contribution < -0.4 is 5.32 Å². The van der Waals surface area contributed by atoms with Gasteiger partial charge in [-0.1, -0.05) is 30.7 Å². The van der Waals surface area contributed by atoms with E-state index in [1.165, 1.54) is 11.3 Å². The number of nitrogens with zero attached hydrogens (tertiary/aromatic N) is 2. The Bertz CT molecular complexity index is 702. The third-order valence-corrected chi connectivity index (χ3v) is 5.51. The van der Waals surface area contributed by atoms with E-state index in [0.29, 0.717) is 16.6 Å². The Morgan fingerprint density at radius 1 is 1.35 bits per heavy atom. The molecule has 0 bridgehead atoms. The molecule has 26 heavy (non-hydrogen) atoms. The van der Waals surface area contributed by atoms with Crippen molar-refractivity contribution in [3.63, 3.8) is 0 Å². The van der Waals surface area contributed by atoms with Gasteiger partial charge in [-0.15, -0.1) is 36.2 Å². The van der Waals surface area contributed by atoms with Crippen molar-refractivity contribution < 1.29 is 4.79 Å². The molecule has 4 nitrogen and oxygen atoms in total. The number of halogens is 3. The molecule has 0 saturated carbocycles. The number of aromatic nitrogens is 1. The number of thiazole rings is 1. The summed E-state index contributed by atoms with van der Waals surface area (Å²) in [5.41, 5.74) is 1.50. The van der Waals surface area contributed by atoms with Crippen LogP contribution in [0.15, 0.2) is 29.6 Å². The first kappa shape index (κ1) is 23.2. The molecule has 2 heterocycles. The van der Waals surface area contributed by atoms with Gasteiger partial charge in [0.1, 0.15) is 10.7 Å². The Balaban J connectivity index is 0.00000169. The molecule has 0 aliphatic carbocycles. The van der Waals surface area contributed by atoms with E-state index in [9.17, 15) is 4.79 Å². The number of amides is 1. The van der Waals surface area contributed by atoms with Gasteiger partial charge in [0.15, 0.2) is 0 Å². The molecular formula is C18H24Cl3N3OS. The lowest BCUT2D eigenvalue weighted by Gasteiger charge is -2.31. The molecule has 0 atom stereocenters. The van der Waals surface area contributed by atoms with Crippen molar-refractivity contribution in [1.29, 1.82) is 0 Å². The fourth-order valence-electron chi connectivity index (χ4n) is 2.98.